The lowest BCUT2D eigenvalue weighted by molar-refractivity contribution is 0.981. The zero-order chi connectivity index (χ0) is 7.40. The first-order valence-electron chi connectivity index (χ1n) is 3.04. The molecular weight excluding hydrogens is 128 g/mol. The zero-order valence-electron chi connectivity index (χ0n) is 5.53. The van der Waals surface area contributed by atoms with Crippen LogP contribution in [0.5, 0.6) is 0 Å². The lowest BCUT2D eigenvalue weighted by Crippen LogP contribution is -2.22. The van der Waals surface area contributed by atoms with Gasteiger partial charge in [-0.05, 0) is 12.1 Å². The lowest BCUT2D eigenvalue weighted by Gasteiger charge is -2.28. The molecule has 0 atom stereocenters. The Hall–Kier alpha value is -1.06. The SMILES string of the molecule is NCN([O-])c1ccccc1. The summed E-state index contributed by atoms with van der Waals surface area (Å²) in [6, 6.07) is 8.90. The number of hydroxylamine groups is 1. The third-order valence-electron chi connectivity index (χ3n) is 1.21. The van der Waals surface area contributed by atoms with Crippen molar-refractivity contribution < 1.29 is 0 Å². The minimum atomic E-state index is 0.00398. The number of anilines is 1. The summed E-state index contributed by atoms with van der Waals surface area (Å²) in [6.07, 6.45) is 0. The molecule has 0 aliphatic heterocycles. The second-order valence-corrected chi connectivity index (χ2v) is 1.90. The van der Waals surface area contributed by atoms with Gasteiger partial charge in [0.2, 0.25) is 0 Å². The maximum Gasteiger partial charge on any atom is 0.0547 e. The van der Waals surface area contributed by atoms with Gasteiger partial charge in [0.25, 0.3) is 0 Å². The number of para-hydroxylation sites is 1. The first-order valence-corrected chi connectivity index (χ1v) is 3.04. The summed E-state index contributed by atoms with van der Waals surface area (Å²) >= 11 is 0. The molecule has 0 heterocycles. The first-order chi connectivity index (χ1) is 4.84. The minimum Gasteiger partial charge on any atom is -0.757 e. The lowest BCUT2D eigenvalue weighted by atomic mass is 10.3. The second-order valence-electron chi connectivity index (χ2n) is 1.90. The third-order valence-corrected chi connectivity index (χ3v) is 1.21. The largest absolute Gasteiger partial charge is 0.757 e. The van der Waals surface area contributed by atoms with Crippen molar-refractivity contribution in [3.05, 3.63) is 35.5 Å². The van der Waals surface area contributed by atoms with Crippen molar-refractivity contribution in [2.24, 2.45) is 5.73 Å². The maximum absolute atomic E-state index is 10.8. The van der Waals surface area contributed by atoms with E-state index in [0.29, 0.717) is 5.69 Å². The van der Waals surface area contributed by atoms with Gasteiger partial charge in [0.15, 0.2) is 0 Å². The molecule has 0 saturated carbocycles. The number of rotatable bonds is 2. The van der Waals surface area contributed by atoms with Crippen LogP contribution in [0.1, 0.15) is 0 Å². The Morgan fingerprint density at radius 3 is 2.40 bits per heavy atom. The second kappa shape index (κ2) is 3.20. The molecule has 0 fully saturated rings. The fourth-order valence-corrected chi connectivity index (χ4v) is 0.700. The van der Waals surface area contributed by atoms with Gasteiger partial charge in [0.05, 0.1) is 6.67 Å². The van der Waals surface area contributed by atoms with Gasteiger partial charge in [-0.25, -0.2) is 0 Å². The van der Waals surface area contributed by atoms with Gasteiger partial charge in [-0.3, -0.25) is 0 Å². The van der Waals surface area contributed by atoms with Gasteiger partial charge >= 0.3 is 0 Å². The van der Waals surface area contributed by atoms with Crippen LogP contribution < -0.4 is 10.8 Å². The van der Waals surface area contributed by atoms with Crippen LogP contribution in [0.25, 0.3) is 0 Å². The zero-order valence-corrected chi connectivity index (χ0v) is 5.53. The highest BCUT2D eigenvalue weighted by Gasteiger charge is 1.87. The number of nitrogens with zero attached hydrogens (tertiary/aromatic N) is 1. The van der Waals surface area contributed by atoms with E-state index in [1.54, 1.807) is 24.3 Å². The summed E-state index contributed by atoms with van der Waals surface area (Å²) in [5.74, 6) is 0. The Labute approximate surface area is 59.6 Å². The van der Waals surface area contributed by atoms with E-state index in [-0.39, 0.29) is 6.67 Å². The monoisotopic (exact) mass is 137 g/mol. The molecule has 0 aliphatic carbocycles. The molecule has 0 aliphatic rings. The summed E-state index contributed by atoms with van der Waals surface area (Å²) < 4.78 is 0. The Balaban J connectivity index is 2.75. The van der Waals surface area contributed by atoms with Crippen LogP contribution in [-0.4, -0.2) is 6.67 Å². The molecule has 0 saturated heterocycles. The van der Waals surface area contributed by atoms with E-state index in [1.165, 1.54) is 0 Å². The molecule has 1 rings (SSSR count). The molecule has 3 heteroatoms. The fraction of sp³-hybridized carbons (Fsp3) is 0.143. The molecule has 0 amide bonds. The van der Waals surface area contributed by atoms with E-state index in [4.69, 9.17) is 5.73 Å². The van der Waals surface area contributed by atoms with Crippen molar-refractivity contribution in [3.8, 4) is 0 Å². The molecule has 3 nitrogen and oxygen atoms in total. The molecule has 0 radical (unpaired) electrons. The predicted octanol–water partition coefficient (Wildman–Crippen LogP) is 0.907. The Morgan fingerprint density at radius 1 is 1.30 bits per heavy atom. The smallest absolute Gasteiger partial charge is 0.0547 e. The summed E-state index contributed by atoms with van der Waals surface area (Å²) in [5.41, 5.74) is 5.72. The van der Waals surface area contributed by atoms with Crippen LogP contribution in [0.3, 0.4) is 0 Å². The first kappa shape index (κ1) is 7.05. The van der Waals surface area contributed by atoms with Crippen LogP contribution >= 0.6 is 0 Å². The van der Waals surface area contributed by atoms with Crippen LogP contribution in [0.15, 0.2) is 30.3 Å². The van der Waals surface area contributed by atoms with Gasteiger partial charge in [0.1, 0.15) is 0 Å². The average Bonchev–Trinajstić information content (AvgIpc) is 2.05. The van der Waals surface area contributed by atoms with E-state index in [1.807, 2.05) is 6.07 Å². The van der Waals surface area contributed by atoms with E-state index in [9.17, 15) is 5.21 Å². The highest BCUT2D eigenvalue weighted by atomic mass is 16.5. The topological polar surface area (TPSA) is 52.3 Å². The predicted molar refractivity (Wildman–Crippen MR) is 41.3 cm³/mol. The van der Waals surface area contributed by atoms with Crippen molar-refractivity contribution in [1.29, 1.82) is 0 Å². The molecule has 1 aromatic carbocycles. The third kappa shape index (κ3) is 1.46. The number of hydrogen-bond acceptors (Lipinski definition) is 3. The Kier molecular flexibility index (Phi) is 2.25. The van der Waals surface area contributed by atoms with Gasteiger partial charge in [-0.2, -0.15) is 0 Å². The summed E-state index contributed by atoms with van der Waals surface area (Å²) in [7, 11) is 0. The van der Waals surface area contributed by atoms with Crippen molar-refractivity contribution in [2.75, 3.05) is 11.7 Å². The van der Waals surface area contributed by atoms with E-state index < -0.39 is 0 Å². The molecule has 1 aromatic rings. The van der Waals surface area contributed by atoms with E-state index >= 15 is 0 Å². The number of benzene rings is 1. The molecular formula is C7H9N2O-. The Bertz CT molecular complexity index is 188. The summed E-state index contributed by atoms with van der Waals surface area (Å²) in [6.45, 7) is 0.00398. The van der Waals surface area contributed by atoms with Crippen LogP contribution in [0, 0.1) is 5.21 Å². The molecule has 0 bridgehead atoms. The van der Waals surface area contributed by atoms with Crippen LogP contribution in [-0.2, 0) is 0 Å². The molecule has 0 spiro atoms. The van der Waals surface area contributed by atoms with Gasteiger partial charge < -0.3 is 16.0 Å². The molecule has 10 heavy (non-hydrogen) atoms. The van der Waals surface area contributed by atoms with Crippen LogP contribution in [0.2, 0.25) is 0 Å². The van der Waals surface area contributed by atoms with Crippen molar-refractivity contribution in [2.45, 2.75) is 0 Å². The molecule has 54 valence electrons. The molecule has 0 unspecified atom stereocenters. The normalized spacial score (nSPS) is 9.40. The van der Waals surface area contributed by atoms with Gasteiger partial charge in [-0.15, -0.1) is 0 Å². The summed E-state index contributed by atoms with van der Waals surface area (Å²) in [4.78, 5) is 0. The highest BCUT2D eigenvalue weighted by Crippen LogP contribution is 2.09. The molecule has 2 N–H and O–H groups in total. The number of hydrogen-bond donors (Lipinski definition) is 1. The summed E-state index contributed by atoms with van der Waals surface area (Å²) in [5, 5.41) is 11.5. The molecule has 0 aromatic heterocycles. The number of nitrogens with two attached hydrogens (primary N) is 1. The van der Waals surface area contributed by atoms with E-state index in [0.717, 1.165) is 5.06 Å². The van der Waals surface area contributed by atoms with Crippen molar-refractivity contribution in [3.63, 3.8) is 0 Å². The minimum absolute atomic E-state index is 0.00398. The van der Waals surface area contributed by atoms with Gasteiger partial charge in [0, 0.05) is 5.69 Å². The van der Waals surface area contributed by atoms with Crippen molar-refractivity contribution in [1.82, 2.24) is 0 Å². The van der Waals surface area contributed by atoms with Gasteiger partial charge in [-0.1, -0.05) is 18.2 Å². The fourth-order valence-electron chi connectivity index (χ4n) is 0.700. The maximum atomic E-state index is 10.8. The quantitative estimate of drug-likeness (QED) is 0.487. The standard InChI is InChI=1S/C7H9N2O/c8-6-9(10)7-4-2-1-3-5-7/h1-5H,6,8H2/q-1. The average molecular weight is 137 g/mol. The van der Waals surface area contributed by atoms with Crippen LogP contribution in [0.4, 0.5) is 5.69 Å². The van der Waals surface area contributed by atoms with E-state index in [2.05, 4.69) is 0 Å². The Morgan fingerprint density at radius 2 is 1.90 bits per heavy atom. The highest BCUT2D eigenvalue weighted by molar-refractivity contribution is 5.46. The van der Waals surface area contributed by atoms with Crippen molar-refractivity contribution >= 4 is 5.69 Å².